The Balaban J connectivity index is 1.41. The summed E-state index contributed by atoms with van der Waals surface area (Å²) in [6.45, 7) is 0. The highest BCUT2D eigenvalue weighted by Gasteiger charge is 2.15. The average molecular weight is 421 g/mol. The summed E-state index contributed by atoms with van der Waals surface area (Å²) in [4.78, 5) is 18.0. The molecule has 2 heterocycles. The first-order valence-corrected chi connectivity index (χ1v) is 10.3. The summed E-state index contributed by atoms with van der Waals surface area (Å²) >= 11 is 7.66. The smallest absolute Gasteiger partial charge is 0.259 e. The highest BCUT2D eigenvalue weighted by atomic mass is 35.5. The van der Waals surface area contributed by atoms with E-state index in [1.807, 2.05) is 48.7 Å². The van der Waals surface area contributed by atoms with Crippen molar-refractivity contribution in [3.05, 3.63) is 95.4 Å². The number of thioether (sulfide) groups is 1. The Hall–Kier alpha value is -3.09. The Morgan fingerprint density at radius 3 is 2.55 bits per heavy atom. The summed E-state index contributed by atoms with van der Waals surface area (Å²) < 4.78 is 0. The molecule has 0 unspecified atom stereocenters. The van der Waals surface area contributed by atoms with Gasteiger partial charge < -0.3 is 5.32 Å². The topological polar surface area (TPSA) is 70.7 Å². The number of halogens is 1. The number of hydrogen-bond donors (Lipinski definition) is 2. The Morgan fingerprint density at radius 1 is 1.03 bits per heavy atom. The second-order valence-electron chi connectivity index (χ2n) is 6.29. The largest absolute Gasteiger partial charge is 0.322 e. The standard InChI is InChI=1S/C22H17ClN4OS/c23-17-5-3-16(4-6-17)21-20(13-25-27-21)22(28)26-18-7-9-19(10-8-18)29-14-15-2-1-11-24-12-15/h1-13H,14H2,(H,25,27)(H,26,28). The Morgan fingerprint density at radius 2 is 1.83 bits per heavy atom. The number of carbonyl (C=O) groups excluding carboxylic acids is 1. The van der Waals surface area contributed by atoms with Gasteiger partial charge in [0.2, 0.25) is 0 Å². The van der Waals surface area contributed by atoms with Crippen molar-refractivity contribution >= 4 is 35.0 Å². The lowest BCUT2D eigenvalue weighted by Gasteiger charge is -2.07. The molecule has 29 heavy (non-hydrogen) atoms. The molecule has 2 N–H and O–H groups in total. The third-order valence-corrected chi connectivity index (χ3v) is 5.59. The number of anilines is 1. The lowest BCUT2D eigenvalue weighted by atomic mass is 10.1. The second-order valence-corrected chi connectivity index (χ2v) is 7.78. The number of benzene rings is 2. The molecule has 0 atom stereocenters. The molecule has 0 fully saturated rings. The molecule has 0 radical (unpaired) electrons. The van der Waals surface area contributed by atoms with E-state index < -0.39 is 0 Å². The number of H-pyrrole nitrogens is 1. The van der Waals surface area contributed by atoms with Crippen LogP contribution >= 0.6 is 23.4 Å². The van der Waals surface area contributed by atoms with Gasteiger partial charge in [-0.1, -0.05) is 29.8 Å². The van der Waals surface area contributed by atoms with Crippen LogP contribution in [-0.2, 0) is 5.75 Å². The number of aromatic amines is 1. The normalized spacial score (nSPS) is 10.7. The first-order chi connectivity index (χ1) is 14.2. The zero-order chi connectivity index (χ0) is 20.1. The van der Waals surface area contributed by atoms with Gasteiger partial charge in [-0.15, -0.1) is 11.8 Å². The van der Waals surface area contributed by atoms with Crippen molar-refractivity contribution in [3.8, 4) is 11.3 Å². The van der Waals surface area contributed by atoms with E-state index in [1.54, 1.807) is 30.1 Å². The van der Waals surface area contributed by atoms with Gasteiger partial charge in [-0.3, -0.25) is 14.9 Å². The van der Waals surface area contributed by atoms with Crippen LogP contribution in [0.15, 0.2) is 84.1 Å². The minimum absolute atomic E-state index is 0.223. The molecule has 4 aromatic rings. The molecule has 0 spiro atoms. The minimum atomic E-state index is -0.223. The van der Waals surface area contributed by atoms with Gasteiger partial charge in [0.15, 0.2) is 0 Å². The third-order valence-electron chi connectivity index (χ3n) is 4.26. The summed E-state index contributed by atoms with van der Waals surface area (Å²) in [5, 5.41) is 10.5. The number of amides is 1. The average Bonchev–Trinajstić information content (AvgIpc) is 3.25. The quantitative estimate of drug-likeness (QED) is 0.394. The number of rotatable bonds is 6. The fourth-order valence-electron chi connectivity index (χ4n) is 2.78. The van der Waals surface area contributed by atoms with E-state index in [0.29, 0.717) is 16.3 Å². The number of hydrogen-bond acceptors (Lipinski definition) is 4. The van der Waals surface area contributed by atoms with Crippen LogP contribution in [0.1, 0.15) is 15.9 Å². The van der Waals surface area contributed by atoms with E-state index in [1.165, 1.54) is 11.8 Å². The molecular formula is C22H17ClN4OS. The number of aromatic nitrogens is 3. The number of pyridine rings is 1. The van der Waals surface area contributed by atoms with Gasteiger partial charge >= 0.3 is 0 Å². The van der Waals surface area contributed by atoms with Gasteiger partial charge in [0.1, 0.15) is 0 Å². The van der Waals surface area contributed by atoms with Crippen molar-refractivity contribution in [1.29, 1.82) is 0 Å². The number of carbonyl (C=O) groups is 1. The zero-order valence-corrected chi connectivity index (χ0v) is 16.9. The summed E-state index contributed by atoms with van der Waals surface area (Å²) in [5.41, 5.74) is 3.87. The van der Waals surface area contributed by atoms with Gasteiger partial charge in [0.05, 0.1) is 17.5 Å². The predicted molar refractivity (Wildman–Crippen MR) is 117 cm³/mol. The van der Waals surface area contributed by atoms with Crippen LogP contribution in [0.2, 0.25) is 5.02 Å². The van der Waals surface area contributed by atoms with Crippen LogP contribution in [-0.4, -0.2) is 21.1 Å². The van der Waals surface area contributed by atoms with E-state index in [-0.39, 0.29) is 5.91 Å². The van der Waals surface area contributed by atoms with Crippen molar-refractivity contribution in [2.24, 2.45) is 0 Å². The maximum Gasteiger partial charge on any atom is 0.259 e. The highest BCUT2D eigenvalue weighted by molar-refractivity contribution is 7.98. The Labute approximate surface area is 177 Å². The highest BCUT2D eigenvalue weighted by Crippen LogP contribution is 2.26. The Kier molecular flexibility index (Phi) is 5.93. The minimum Gasteiger partial charge on any atom is -0.322 e. The SMILES string of the molecule is O=C(Nc1ccc(SCc2cccnc2)cc1)c1cn[nH]c1-c1ccc(Cl)cc1. The Bertz CT molecular complexity index is 1100. The molecule has 5 nitrogen and oxygen atoms in total. The van der Waals surface area contributed by atoms with Crippen LogP contribution in [0.3, 0.4) is 0 Å². The maximum absolute atomic E-state index is 12.7. The van der Waals surface area contributed by atoms with E-state index in [0.717, 1.165) is 21.9 Å². The maximum atomic E-state index is 12.7. The van der Waals surface area contributed by atoms with Crippen LogP contribution in [0.4, 0.5) is 5.69 Å². The van der Waals surface area contributed by atoms with Gasteiger partial charge in [-0.25, -0.2) is 0 Å². The summed E-state index contributed by atoms with van der Waals surface area (Å²) in [7, 11) is 0. The lowest BCUT2D eigenvalue weighted by Crippen LogP contribution is -2.12. The number of nitrogens with one attached hydrogen (secondary N) is 2. The first-order valence-electron chi connectivity index (χ1n) is 8.91. The molecule has 0 saturated heterocycles. The molecule has 4 rings (SSSR count). The molecular weight excluding hydrogens is 404 g/mol. The molecule has 144 valence electrons. The molecule has 0 saturated carbocycles. The van der Waals surface area contributed by atoms with E-state index in [9.17, 15) is 4.79 Å². The third kappa shape index (κ3) is 4.85. The monoisotopic (exact) mass is 420 g/mol. The fourth-order valence-corrected chi connectivity index (χ4v) is 3.74. The summed E-state index contributed by atoms with van der Waals surface area (Å²) in [6.07, 6.45) is 5.16. The van der Waals surface area contributed by atoms with Gasteiger partial charge in [0.25, 0.3) is 5.91 Å². The molecule has 1 amide bonds. The van der Waals surface area contributed by atoms with Crippen LogP contribution in [0.25, 0.3) is 11.3 Å². The molecule has 0 aliphatic rings. The van der Waals surface area contributed by atoms with Crippen LogP contribution in [0.5, 0.6) is 0 Å². The summed E-state index contributed by atoms with van der Waals surface area (Å²) in [5.74, 6) is 0.624. The zero-order valence-electron chi connectivity index (χ0n) is 15.3. The van der Waals surface area contributed by atoms with Crippen molar-refractivity contribution in [2.75, 3.05) is 5.32 Å². The lowest BCUT2D eigenvalue weighted by molar-refractivity contribution is 0.102. The van der Waals surface area contributed by atoms with Crippen molar-refractivity contribution in [3.63, 3.8) is 0 Å². The molecule has 2 aromatic heterocycles. The molecule has 0 bridgehead atoms. The first kappa shape index (κ1) is 19.2. The van der Waals surface area contributed by atoms with E-state index >= 15 is 0 Å². The summed E-state index contributed by atoms with van der Waals surface area (Å²) in [6, 6.07) is 19.0. The van der Waals surface area contributed by atoms with E-state index in [4.69, 9.17) is 11.6 Å². The van der Waals surface area contributed by atoms with Crippen molar-refractivity contribution in [2.45, 2.75) is 10.6 Å². The van der Waals surface area contributed by atoms with Crippen LogP contribution < -0.4 is 5.32 Å². The molecule has 7 heteroatoms. The fraction of sp³-hybridized carbons (Fsp3) is 0.0455. The molecule has 0 aliphatic carbocycles. The van der Waals surface area contributed by atoms with Gasteiger partial charge in [-0.2, -0.15) is 5.10 Å². The van der Waals surface area contributed by atoms with Gasteiger partial charge in [0, 0.05) is 39.3 Å². The van der Waals surface area contributed by atoms with E-state index in [2.05, 4.69) is 26.6 Å². The molecule has 2 aromatic carbocycles. The van der Waals surface area contributed by atoms with Gasteiger partial charge in [-0.05, 0) is 48.0 Å². The number of nitrogens with zero attached hydrogens (tertiary/aromatic N) is 2. The van der Waals surface area contributed by atoms with Crippen molar-refractivity contribution in [1.82, 2.24) is 15.2 Å². The van der Waals surface area contributed by atoms with Crippen LogP contribution in [0, 0.1) is 0 Å². The molecule has 0 aliphatic heterocycles. The second kappa shape index (κ2) is 8.94. The van der Waals surface area contributed by atoms with Crippen molar-refractivity contribution < 1.29 is 4.79 Å². The predicted octanol–water partition coefficient (Wildman–Crippen LogP) is 5.67.